The van der Waals surface area contributed by atoms with Crippen molar-refractivity contribution < 1.29 is 13.5 Å². The van der Waals surface area contributed by atoms with Crippen LogP contribution in [0.25, 0.3) is 0 Å². The largest absolute Gasteiger partial charge is 0.426 e. The van der Waals surface area contributed by atoms with E-state index >= 15 is 0 Å². The molecule has 0 fully saturated rings. The predicted octanol–water partition coefficient (Wildman–Crippen LogP) is 11.4. The average molecular weight is 1130 g/mol. The molecule has 418 valence electrons. The predicted molar refractivity (Wildman–Crippen MR) is 307 cm³/mol. The van der Waals surface area contributed by atoms with Gasteiger partial charge >= 0.3 is 0 Å². The topological polar surface area (TPSA) is 252 Å². The lowest BCUT2D eigenvalue weighted by molar-refractivity contribution is 0.389. The molecule has 22 nitrogen and oxygen atoms in total. The Hall–Kier alpha value is -7.29. The SMILES string of the molecule is Cc1cc(C)on1.Cc1ccc(C)s1.Cc1cn(C)cn1.Cc1cn(C)nn1.Cc1cnc(C)s1.Cc1cnc(C)s1.Cc1cnn(C)c1.Cc1cnn(C)n1.Cc1nnc(C)o1.Cc1nnc(C)s1.Cc1noc(C)n1. The second-order valence-corrected chi connectivity index (χ2v) is 22.4. The Kier molecular flexibility index (Phi) is 32.9. The maximum atomic E-state index is 4.86. The van der Waals surface area contributed by atoms with Gasteiger partial charge in [0.1, 0.15) is 15.8 Å². The minimum atomic E-state index is 0.623. The number of thiophene rings is 1. The number of aromatic nitrogens is 19. The molecule has 11 aromatic heterocycles. The van der Waals surface area contributed by atoms with Crippen LogP contribution in [0.5, 0.6) is 0 Å². The van der Waals surface area contributed by atoms with E-state index in [1.807, 2.05) is 150 Å². The van der Waals surface area contributed by atoms with Gasteiger partial charge in [0.25, 0.3) is 0 Å². The molecule has 0 spiro atoms. The molecule has 0 atom stereocenters. The maximum Gasteiger partial charge on any atom is 0.223 e. The molecule has 11 rings (SSSR count). The number of hydrogen-bond donors (Lipinski definition) is 0. The van der Waals surface area contributed by atoms with Gasteiger partial charge in [0.2, 0.25) is 17.7 Å². The fraction of sp³-hybridized carbons (Fsp3) is 0.431. The molecular weight excluding hydrogens is 1050 g/mol. The van der Waals surface area contributed by atoms with Crippen LogP contribution in [0.4, 0.5) is 0 Å². The van der Waals surface area contributed by atoms with Gasteiger partial charge in [-0.15, -0.1) is 70.8 Å². The smallest absolute Gasteiger partial charge is 0.223 e. The van der Waals surface area contributed by atoms with E-state index < -0.39 is 0 Å². The quantitative estimate of drug-likeness (QED) is 0.137. The van der Waals surface area contributed by atoms with Gasteiger partial charge in [-0.25, -0.2) is 15.0 Å². The van der Waals surface area contributed by atoms with E-state index in [4.69, 9.17) is 8.94 Å². The van der Waals surface area contributed by atoms with Crippen LogP contribution in [0.2, 0.25) is 0 Å². The molecule has 11 heterocycles. The minimum Gasteiger partial charge on any atom is -0.426 e. The number of hydrogen-bond acceptors (Lipinski definition) is 22. The number of rotatable bonds is 0. The zero-order valence-corrected chi connectivity index (χ0v) is 52.0. The van der Waals surface area contributed by atoms with Crippen LogP contribution in [0.15, 0.2) is 81.4 Å². The van der Waals surface area contributed by atoms with Crippen molar-refractivity contribution in [1.29, 1.82) is 0 Å². The van der Waals surface area contributed by atoms with Crippen molar-refractivity contribution >= 4 is 45.3 Å². The molecule has 0 aliphatic heterocycles. The van der Waals surface area contributed by atoms with E-state index in [1.54, 1.807) is 90.6 Å². The molecule has 0 saturated carbocycles. The first-order chi connectivity index (χ1) is 36.2. The van der Waals surface area contributed by atoms with E-state index in [2.05, 4.69) is 121 Å². The highest BCUT2D eigenvalue weighted by Crippen LogP contribution is 2.12. The number of nitrogens with zero attached hydrogens (tertiary/aromatic N) is 19. The first-order valence-electron chi connectivity index (χ1n) is 23.7. The number of thiazole rings is 2. The molecule has 26 heteroatoms. The molecule has 0 bridgehead atoms. The molecule has 0 amide bonds. The molecular formula is C51H77N19O3S4. The van der Waals surface area contributed by atoms with E-state index in [0.29, 0.717) is 23.5 Å². The lowest BCUT2D eigenvalue weighted by atomic mass is 10.4. The summed E-state index contributed by atoms with van der Waals surface area (Å²) >= 11 is 6.93. The minimum absolute atomic E-state index is 0.623. The van der Waals surface area contributed by atoms with Crippen LogP contribution in [0, 0.1) is 125 Å². The fourth-order valence-corrected chi connectivity index (χ4v) is 7.90. The van der Waals surface area contributed by atoms with Crippen LogP contribution in [0.3, 0.4) is 0 Å². The first-order valence-corrected chi connectivity index (χ1v) is 27.0. The zero-order chi connectivity index (χ0) is 58.0. The third-order valence-corrected chi connectivity index (χ3v) is 11.4. The molecule has 0 aliphatic carbocycles. The summed E-state index contributed by atoms with van der Waals surface area (Å²) in [6, 6.07) is 6.17. The van der Waals surface area contributed by atoms with Crippen molar-refractivity contribution in [3.05, 3.63) is 165 Å². The van der Waals surface area contributed by atoms with Crippen molar-refractivity contribution in [1.82, 2.24) is 95.0 Å². The molecule has 0 aliphatic rings. The summed E-state index contributed by atoms with van der Waals surface area (Å²) < 4.78 is 19.6. The van der Waals surface area contributed by atoms with Gasteiger partial charge < -0.3 is 18.0 Å². The average Bonchev–Trinajstić information content (AvgIpc) is 4.18. The Bertz CT molecular complexity index is 2280. The summed E-state index contributed by atoms with van der Waals surface area (Å²) in [6.45, 7) is 35.0. The van der Waals surface area contributed by atoms with E-state index in [9.17, 15) is 0 Å². The Balaban J connectivity index is 0.000000423. The van der Waals surface area contributed by atoms with Gasteiger partial charge in [0.05, 0.1) is 51.5 Å². The normalized spacial score (nSPS) is 9.43. The van der Waals surface area contributed by atoms with Crippen LogP contribution < -0.4 is 0 Å². The van der Waals surface area contributed by atoms with Crippen molar-refractivity contribution in [3.63, 3.8) is 0 Å². The second-order valence-electron chi connectivity index (χ2n) is 16.6. The highest BCUT2D eigenvalue weighted by molar-refractivity contribution is 7.12. The number of imidazole rings is 1. The Morgan fingerprint density at radius 3 is 1.14 bits per heavy atom. The summed E-state index contributed by atoms with van der Waals surface area (Å²) in [5.41, 5.74) is 5.15. The monoisotopic (exact) mass is 1130 g/mol. The summed E-state index contributed by atoms with van der Waals surface area (Å²) in [7, 11) is 7.51. The molecule has 0 aromatic carbocycles. The lowest BCUT2D eigenvalue weighted by Gasteiger charge is -1.78. The van der Waals surface area contributed by atoms with Crippen LogP contribution in [-0.4, -0.2) is 95.0 Å². The first kappa shape index (κ1) is 67.7. The zero-order valence-electron chi connectivity index (χ0n) is 48.7. The molecule has 0 radical (unpaired) electrons. The van der Waals surface area contributed by atoms with Crippen LogP contribution >= 0.6 is 45.3 Å². The van der Waals surface area contributed by atoms with Gasteiger partial charge in [-0.3, -0.25) is 9.36 Å². The summed E-state index contributed by atoms with van der Waals surface area (Å²) in [6.07, 6.45) is 14.9. The van der Waals surface area contributed by atoms with Gasteiger partial charge in [-0.05, 0) is 122 Å². The highest BCUT2D eigenvalue weighted by Gasteiger charge is 1.93. The Morgan fingerprint density at radius 1 is 0.442 bits per heavy atom. The molecule has 77 heavy (non-hydrogen) atoms. The maximum absolute atomic E-state index is 4.86. The van der Waals surface area contributed by atoms with Gasteiger partial charge in [-0.2, -0.15) is 25.1 Å². The Labute approximate surface area is 469 Å². The molecule has 11 aromatic rings. The second kappa shape index (κ2) is 37.5. The summed E-state index contributed by atoms with van der Waals surface area (Å²) in [4.78, 5) is 22.8. The van der Waals surface area contributed by atoms with Crippen molar-refractivity contribution in [2.45, 2.75) is 125 Å². The van der Waals surface area contributed by atoms with Crippen molar-refractivity contribution in [3.8, 4) is 0 Å². The third-order valence-electron chi connectivity index (χ3n) is 8.08. The van der Waals surface area contributed by atoms with Gasteiger partial charge in [0.15, 0.2) is 5.82 Å². The number of aryl methyl sites for hydroxylation is 22. The van der Waals surface area contributed by atoms with Crippen LogP contribution in [0.1, 0.15) is 97.1 Å². The van der Waals surface area contributed by atoms with Gasteiger partial charge in [-0.1, -0.05) is 15.5 Å². The van der Waals surface area contributed by atoms with E-state index in [1.165, 1.54) is 29.9 Å². The summed E-state index contributed by atoms with van der Waals surface area (Å²) in [5, 5.41) is 45.4. The van der Waals surface area contributed by atoms with Crippen molar-refractivity contribution in [2.75, 3.05) is 0 Å². The summed E-state index contributed by atoms with van der Waals surface area (Å²) in [5.74, 6) is 3.43. The van der Waals surface area contributed by atoms with Crippen molar-refractivity contribution in [2.24, 2.45) is 28.2 Å². The van der Waals surface area contributed by atoms with Crippen LogP contribution in [-0.2, 0) is 28.2 Å². The molecule has 0 N–H and O–H groups in total. The highest BCUT2D eigenvalue weighted by atomic mass is 32.1. The van der Waals surface area contributed by atoms with E-state index in [0.717, 1.165) is 48.6 Å². The molecule has 0 saturated heterocycles. The third kappa shape index (κ3) is 36.4. The molecule has 0 unspecified atom stereocenters. The van der Waals surface area contributed by atoms with Gasteiger partial charge in [0, 0.05) is 106 Å². The fourth-order valence-electron chi connectivity index (χ4n) is 5.17. The standard InChI is InChI=1S/C6H8S.2C5H8N2.C5H7NO.2C5H7NS.2C4H7N3.2C4H6N2O.C4H6N2S/c1-5-3-4-6(2)7-5;1-5-3-7(2)4-6-5;1-5-3-6-7(2)4-5;1-4-3-5(2)7-6-4;2*1-4-3-6-5(2)7-4;1-4-3-7(2)6-5-4;1-4-3-5-7(2)6-4;1-3-5-6-4(2)7-3;1-3-5-4(2)7-6-3;1-3-5-6-4(2)7-3/h3*3-4H,1-2H3;5*3H,1-2H3;3*1-2H3. The van der Waals surface area contributed by atoms with E-state index in [-0.39, 0.29) is 0 Å². The lowest BCUT2D eigenvalue weighted by Crippen LogP contribution is -1.90. The Morgan fingerprint density at radius 2 is 1.01 bits per heavy atom.